The van der Waals surface area contributed by atoms with E-state index in [0.717, 1.165) is 50.5 Å². The van der Waals surface area contributed by atoms with Crippen molar-refractivity contribution in [1.29, 1.82) is 0 Å². The molecule has 3 aliphatic carbocycles. The molecule has 3 aromatic carbocycles. The monoisotopic (exact) mass is 396 g/mol. The molecule has 0 heterocycles. The van der Waals surface area contributed by atoms with Crippen LogP contribution in [-0.4, -0.2) is 12.6 Å². The van der Waals surface area contributed by atoms with Crippen LogP contribution in [0.3, 0.4) is 0 Å². The molecule has 0 unspecified atom stereocenters. The van der Waals surface area contributed by atoms with Crippen LogP contribution in [0.15, 0.2) is 54.6 Å². The van der Waals surface area contributed by atoms with E-state index in [0.29, 0.717) is 6.61 Å². The van der Waals surface area contributed by atoms with Crippen LogP contribution < -0.4 is 0 Å². The van der Waals surface area contributed by atoms with Crippen LogP contribution in [0.4, 0.5) is 0 Å². The molecule has 6 rings (SSSR count). The zero-order valence-corrected chi connectivity index (χ0v) is 17.7. The third kappa shape index (κ3) is 3.79. The Hall–Kier alpha value is -2.87. The first-order valence-electron chi connectivity index (χ1n) is 11.2. The van der Waals surface area contributed by atoms with E-state index in [1.165, 1.54) is 44.5 Å². The van der Waals surface area contributed by atoms with E-state index < -0.39 is 0 Å². The molecule has 0 N–H and O–H groups in total. The number of hydrogen-bond donors (Lipinski definition) is 0. The Bertz CT molecular complexity index is 1090. The Morgan fingerprint density at radius 3 is 2.07 bits per heavy atom. The summed E-state index contributed by atoms with van der Waals surface area (Å²) in [6.45, 7) is 2.29. The number of esters is 1. The highest BCUT2D eigenvalue weighted by Gasteiger charge is 2.22. The van der Waals surface area contributed by atoms with E-state index in [2.05, 4.69) is 54.6 Å². The largest absolute Gasteiger partial charge is 0.462 e. The summed E-state index contributed by atoms with van der Waals surface area (Å²) in [5.41, 5.74) is 11.5. The fourth-order valence-corrected chi connectivity index (χ4v) is 4.94. The average Bonchev–Trinajstić information content (AvgIpc) is 2.95. The lowest BCUT2D eigenvalue weighted by Gasteiger charge is -2.15. The average molecular weight is 397 g/mol. The molecule has 0 saturated carbocycles. The van der Waals surface area contributed by atoms with Gasteiger partial charge in [-0.25, -0.2) is 4.79 Å². The van der Waals surface area contributed by atoms with Crippen LogP contribution >= 0.6 is 0 Å². The first-order chi connectivity index (χ1) is 14.7. The molecule has 0 radical (unpaired) electrons. The van der Waals surface area contributed by atoms with Crippen LogP contribution in [0.5, 0.6) is 0 Å². The lowest BCUT2D eigenvalue weighted by atomic mass is 9.91. The maximum atomic E-state index is 12.8. The van der Waals surface area contributed by atoms with E-state index in [9.17, 15) is 4.79 Å². The van der Waals surface area contributed by atoms with Gasteiger partial charge in [-0.3, -0.25) is 0 Å². The highest BCUT2D eigenvalue weighted by Crippen LogP contribution is 2.30. The SMILES string of the molecule is CCOC(=O)c1cc2cc3c1CCc1ccc(cc1C3)CCc1ccc(cc1)CC2. The van der Waals surface area contributed by atoms with Crippen LogP contribution in [0.25, 0.3) is 0 Å². The second kappa shape index (κ2) is 8.10. The van der Waals surface area contributed by atoms with Crippen LogP contribution in [0, 0.1) is 0 Å². The summed E-state index contributed by atoms with van der Waals surface area (Å²) in [6.07, 6.45) is 6.85. The fourth-order valence-electron chi connectivity index (χ4n) is 4.94. The molecular formula is C28H28O2. The Balaban J connectivity index is 1.64. The van der Waals surface area contributed by atoms with Crippen molar-refractivity contribution in [1.82, 2.24) is 0 Å². The third-order valence-corrected chi connectivity index (χ3v) is 6.62. The molecule has 0 aliphatic heterocycles. The van der Waals surface area contributed by atoms with Crippen molar-refractivity contribution in [3.8, 4) is 0 Å². The molecule has 2 nitrogen and oxygen atoms in total. The lowest BCUT2D eigenvalue weighted by molar-refractivity contribution is 0.0525. The van der Waals surface area contributed by atoms with Gasteiger partial charge >= 0.3 is 5.97 Å². The Morgan fingerprint density at radius 2 is 1.33 bits per heavy atom. The summed E-state index contributed by atoms with van der Waals surface area (Å²) in [6, 6.07) is 20.5. The van der Waals surface area contributed by atoms with Gasteiger partial charge < -0.3 is 4.74 Å². The van der Waals surface area contributed by atoms with Crippen LogP contribution in [0.1, 0.15) is 61.8 Å². The van der Waals surface area contributed by atoms with Crippen molar-refractivity contribution < 1.29 is 9.53 Å². The summed E-state index contributed by atoms with van der Waals surface area (Å²) in [5.74, 6) is -0.176. The minimum atomic E-state index is -0.176. The van der Waals surface area contributed by atoms with Gasteiger partial charge in [0.2, 0.25) is 0 Å². The quantitative estimate of drug-likeness (QED) is 0.540. The maximum Gasteiger partial charge on any atom is 0.338 e. The van der Waals surface area contributed by atoms with Gasteiger partial charge in [0, 0.05) is 0 Å². The van der Waals surface area contributed by atoms with Gasteiger partial charge in [0.25, 0.3) is 0 Å². The molecule has 3 aliphatic rings. The third-order valence-electron chi connectivity index (χ3n) is 6.62. The molecule has 152 valence electrons. The molecule has 0 spiro atoms. The van der Waals surface area contributed by atoms with E-state index in [1.54, 1.807) is 0 Å². The topological polar surface area (TPSA) is 26.3 Å². The van der Waals surface area contributed by atoms with Crippen LogP contribution in [0.2, 0.25) is 0 Å². The molecule has 0 amide bonds. The molecule has 0 aromatic heterocycles. The van der Waals surface area contributed by atoms with E-state index >= 15 is 0 Å². The number of rotatable bonds is 2. The summed E-state index contributed by atoms with van der Waals surface area (Å²) < 4.78 is 5.43. The first kappa shape index (κ1) is 19.1. The second-order valence-corrected chi connectivity index (χ2v) is 8.60. The normalized spacial score (nSPS) is 14.8. The van der Waals surface area contributed by atoms with E-state index in [4.69, 9.17) is 4.74 Å². The minimum Gasteiger partial charge on any atom is -0.462 e. The van der Waals surface area contributed by atoms with E-state index in [-0.39, 0.29) is 5.97 Å². The molecule has 0 saturated heterocycles. The zero-order chi connectivity index (χ0) is 20.5. The van der Waals surface area contributed by atoms with Gasteiger partial charge in [0.15, 0.2) is 0 Å². The molecular weight excluding hydrogens is 368 g/mol. The number of benzene rings is 3. The molecule has 0 atom stereocenters. The summed E-state index contributed by atoms with van der Waals surface area (Å²) in [5, 5.41) is 0. The van der Waals surface area contributed by atoms with Gasteiger partial charge in [-0.1, -0.05) is 48.5 Å². The second-order valence-electron chi connectivity index (χ2n) is 8.60. The van der Waals surface area contributed by atoms with Crippen molar-refractivity contribution in [2.75, 3.05) is 6.61 Å². The number of ether oxygens (including phenoxy) is 1. The van der Waals surface area contributed by atoms with E-state index in [1.807, 2.05) is 6.92 Å². The highest BCUT2D eigenvalue weighted by molar-refractivity contribution is 5.92. The van der Waals surface area contributed by atoms with Crippen LogP contribution in [-0.2, 0) is 49.7 Å². The minimum absolute atomic E-state index is 0.176. The molecule has 2 heteroatoms. The molecule has 3 aromatic rings. The van der Waals surface area contributed by atoms with Gasteiger partial charge in [-0.05, 0) is 102 Å². The number of aryl methyl sites for hydroxylation is 5. The van der Waals surface area contributed by atoms with Crippen molar-refractivity contribution in [3.05, 3.63) is 105 Å². The van der Waals surface area contributed by atoms with Gasteiger partial charge in [-0.2, -0.15) is 0 Å². The predicted molar refractivity (Wildman–Crippen MR) is 120 cm³/mol. The number of hydrogen-bond acceptors (Lipinski definition) is 2. The Kier molecular flexibility index (Phi) is 5.16. The standard InChI is InChI=1S/C28H28O2/c1-2-30-28(29)27-17-22-10-8-20-5-3-19(4-6-20)7-9-21-11-12-23-13-14-26(27)25(16-22)18-24(23)15-21/h3-6,11-12,15-17H,2,7-10,13-14,18H2,1H3. The summed E-state index contributed by atoms with van der Waals surface area (Å²) in [4.78, 5) is 12.8. The van der Waals surface area contributed by atoms with Gasteiger partial charge in [-0.15, -0.1) is 0 Å². The first-order valence-corrected chi connectivity index (χ1v) is 11.2. The zero-order valence-electron chi connectivity index (χ0n) is 17.7. The summed E-state index contributed by atoms with van der Waals surface area (Å²) >= 11 is 0. The van der Waals surface area contributed by atoms with Crippen molar-refractivity contribution in [2.45, 2.75) is 51.9 Å². The summed E-state index contributed by atoms with van der Waals surface area (Å²) in [7, 11) is 0. The number of fused-ring (bicyclic) bond motifs is 4. The Labute approximate surface area is 178 Å². The predicted octanol–water partition coefficient (Wildman–Crippen LogP) is 5.44. The molecule has 30 heavy (non-hydrogen) atoms. The Morgan fingerprint density at radius 1 is 0.700 bits per heavy atom. The smallest absolute Gasteiger partial charge is 0.338 e. The highest BCUT2D eigenvalue weighted by atomic mass is 16.5. The maximum absolute atomic E-state index is 12.8. The molecule has 0 fully saturated rings. The lowest BCUT2D eigenvalue weighted by Crippen LogP contribution is -2.12. The fraction of sp³-hybridized carbons (Fsp3) is 0.321. The van der Waals surface area contributed by atoms with Gasteiger partial charge in [0.1, 0.15) is 0 Å². The number of carbonyl (C=O) groups excluding carboxylic acids is 1. The van der Waals surface area contributed by atoms with Gasteiger partial charge in [0.05, 0.1) is 12.2 Å². The van der Waals surface area contributed by atoms with Crippen molar-refractivity contribution in [3.63, 3.8) is 0 Å². The molecule has 6 bridgehead atoms. The van der Waals surface area contributed by atoms with Crippen molar-refractivity contribution >= 4 is 5.97 Å². The number of carbonyl (C=O) groups is 1. The van der Waals surface area contributed by atoms with Crippen molar-refractivity contribution in [2.24, 2.45) is 0 Å².